The molecule has 0 spiro atoms. The number of nitrogens with one attached hydrogen (secondary N) is 1. The van der Waals surface area contributed by atoms with Crippen LogP contribution in [-0.2, 0) is 27.9 Å². The van der Waals surface area contributed by atoms with Crippen LogP contribution in [-0.4, -0.2) is 83.7 Å². The fourth-order valence-corrected chi connectivity index (χ4v) is 5.08. The lowest BCUT2D eigenvalue weighted by Crippen LogP contribution is -2.31. The van der Waals surface area contributed by atoms with Gasteiger partial charge in [0.25, 0.3) is 5.91 Å². The number of imidazole rings is 2. The van der Waals surface area contributed by atoms with Gasteiger partial charge in [-0.1, -0.05) is 0 Å². The quantitative estimate of drug-likeness (QED) is 0.299. The van der Waals surface area contributed by atoms with Gasteiger partial charge in [-0.25, -0.2) is 24.5 Å². The Morgan fingerprint density at radius 2 is 1.88 bits per heavy atom. The van der Waals surface area contributed by atoms with E-state index in [4.69, 9.17) is 4.74 Å². The van der Waals surface area contributed by atoms with E-state index in [1.807, 2.05) is 26.8 Å². The number of rotatable bonds is 8. The van der Waals surface area contributed by atoms with E-state index in [0.717, 1.165) is 18.8 Å². The summed E-state index contributed by atoms with van der Waals surface area (Å²) >= 11 is 0. The number of hydrogen-bond acceptors (Lipinski definition) is 10. The molecule has 1 aliphatic rings. The van der Waals surface area contributed by atoms with Crippen LogP contribution in [0.4, 0.5) is 0 Å². The predicted octanol–water partition coefficient (Wildman–Crippen LogP) is 1.62. The molecule has 1 aliphatic heterocycles. The van der Waals surface area contributed by atoms with Gasteiger partial charge in [-0.05, 0) is 51.5 Å². The Bertz CT molecular complexity index is 1730. The molecule has 5 rings (SSSR count). The molecular weight excluding hydrogens is 556 g/mol. The van der Waals surface area contributed by atoms with Gasteiger partial charge in [0.05, 0.1) is 43.3 Å². The topological polar surface area (TPSA) is 155 Å². The molecule has 14 nitrogen and oxygen atoms in total. The van der Waals surface area contributed by atoms with Crippen LogP contribution in [0.25, 0.3) is 16.9 Å². The van der Waals surface area contributed by atoms with Gasteiger partial charge >= 0.3 is 17.6 Å². The number of pyridine rings is 2. The molecule has 1 saturated heterocycles. The molecule has 4 aromatic rings. The minimum atomic E-state index is -0.609. The highest BCUT2D eigenvalue weighted by atomic mass is 16.6. The van der Waals surface area contributed by atoms with Crippen LogP contribution in [0.15, 0.2) is 47.7 Å². The highest BCUT2D eigenvalue weighted by Gasteiger charge is 2.30. The molecule has 1 fully saturated rings. The molecule has 14 heteroatoms. The molecule has 4 aromatic heterocycles. The molecule has 226 valence electrons. The summed E-state index contributed by atoms with van der Waals surface area (Å²) in [5.41, 5.74) is 1.23. The fraction of sp³-hybridized carbons (Fsp3) is 0.414. The average molecular weight is 591 g/mol. The van der Waals surface area contributed by atoms with E-state index < -0.39 is 23.4 Å². The lowest BCUT2D eigenvalue weighted by Gasteiger charge is -2.20. The van der Waals surface area contributed by atoms with Crippen LogP contribution >= 0.6 is 0 Å². The molecule has 0 unspecified atom stereocenters. The van der Waals surface area contributed by atoms with Gasteiger partial charge in [-0.3, -0.25) is 23.6 Å². The van der Waals surface area contributed by atoms with Crippen molar-refractivity contribution < 1.29 is 23.9 Å². The number of esters is 2. The lowest BCUT2D eigenvalue weighted by molar-refractivity contribution is -0.139. The van der Waals surface area contributed by atoms with E-state index in [1.54, 1.807) is 34.5 Å². The second-order valence-electron chi connectivity index (χ2n) is 11.3. The molecule has 0 radical (unpaired) electrons. The number of nitrogens with zero attached hydrogens (tertiary/aromatic N) is 7. The average Bonchev–Trinajstić information content (AvgIpc) is 3.66. The van der Waals surface area contributed by atoms with Gasteiger partial charge in [0, 0.05) is 26.3 Å². The Labute approximate surface area is 247 Å². The molecule has 1 N–H and O–H groups in total. The number of amides is 1. The van der Waals surface area contributed by atoms with Crippen LogP contribution in [0.2, 0.25) is 0 Å². The second kappa shape index (κ2) is 11.8. The van der Waals surface area contributed by atoms with E-state index in [2.05, 4.69) is 29.9 Å². The van der Waals surface area contributed by atoms with E-state index in [9.17, 15) is 19.2 Å². The maximum Gasteiger partial charge on any atom is 0.357 e. The first-order chi connectivity index (χ1) is 20.5. The standard InChI is InChI=1S/C29H34N8O6/c1-29(2,3)43-27(40)22-14-32-23(34(22)4)17-35-12-10-19(16-35)37-25-21(7-6-11-30-25)36(28(37)41)18-8-9-20(31-13-18)26(39)33-15-24(38)42-5/h6-9,11,13-14,19H,10,12,15-17H2,1-5H3,(H,33,39)/t19-/m0/s1. The smallest absolute Gasteiger partial charge is 0.357 e. The van der Waals surface area contributed by atoms with Crippen LogP contribution in [0.3, 0.4) is 0 Å². The summed E-state index contributed by atoms with van der Waals surface area (Å²) in [6.45, 7) is 6.99. The number of ether oxygens (including phenoxy) is 2. The Morgan fingerprint density at radius 3 is 2.58 bits per heavy atom. The highest BCUT2D eigenvalue weighted by molar-refractivity contribution is 5.94. The summed E-state index contributed by atoms with van der Waals surface area (Å²) in [6, 6.07) is 6.55. The lowest BCUT2D eigenvalue weighted by atomic mass is 10.2. The van der Waals surface area contributed by atoms with Gasteiger partial charge in [0.1, 0.15) is 29.4 Å². The van der Waals surface area contributed by atoms with Crippen molar-refractivity contribution in [3.63, 3.8) is 0 Å². The first kappa shape index (κ1) is 29.6. The van der Waals surface area contributed by atoms with E-state index in [-0.39, 0.29) is 24.0 Å². The van der Waals surface area contributed by atoms with Crippen LogP contribution in [0, 0.1) is 0 Å². The zero-order chi connectivity index (χ0) is 30.9. The van der Waals surface area contributed by atoms with Crippen molar-refractivity contribution in [2.45, 2.75) is 45.4 Å². The number of fused-ring (bicyclic) bond motifs is 1. The Hall–Kier alpha value is -4.85. The molecule has 5 heterocycles. The molecular formula is C29H34N8O6. The van der Waals surface area contributed by atoms with Crippen molar-refractivity contribution in [1.29, 1.82) is 0 Å². The summed E-state index contributed by atoms with van der Waals surface area (Å²) in [6.07, 6.45) is 5.33. The third-order valence-electron chi connectivity index (χ3n) is 7.16. The van der Waals surface area contributed by atoms with E-state index in [0.29, 0.717) is 35.6 Å². The summed E-state index contributed by atoms with van der Waals surface area (Å²) in [5.74, 6) is -0.822. The summed E-state index contributed by atoms with van der Waals surface area (Å²) in [4.78, 5) is 65.5. The van der Waals surface area contributed by atoms with E-state index in [1.165, 1.54) is 30.1 Å². The van der Waals surface area contributed by atoms with Gasteiger partial charge in [0.15, 0.2) is 5.65 Å². The maximum absolute atomic E-state index is 13.9. The number of carbonyl (C=O) groups is 3. The van der Waals surface area contributed by atoms with Gasteiger partial charge in [-0.2, -0.15) is 0 Å². The van der Waals surface area contributed by atoms with Crippen LogP contribution in [0.1, 0.15) is 60.0 Å². The largest absolute Gasteiger partial charge is 0.468 e. The minimum absolute atomic E-state index is 0.0955. The molecule has 43 heavy (non-hydrogen) atoms. The van der Waals surface area contributed by atoms with Crippen molar-refractivity contribution in [2.75, 3.05) is 26.7 Å². The predicted molar refractivity (Wildman–Crippen MR) is 155 cm³/mol. The second-order valence-corrected chi connectivity index (χ2v) is 11.3. The highest BCUT2D eigenvalue weighted by Crippen LogP contribution is 2.26. The van der Waals surface area contributed by atoms with Gasteiger partial charge < -0.3 is 19.4 Å². The molecule has 0 aliphatic carbocycles. The van der Waals surface area contributed by atoms with Crippen molar-refractivity contribution in [3.8, 4) is 5.69 Å². The number of carbonyl (C=O) groups excluding carboxylic acids is 3. The monoisotopic (exact) mass is 590 g/mol. The summed E-state index contributed by atoms with van der Waals surface area (Å²) < 4.78 is 15.0. The number of methoxy groups -OCH3 is 1. The number of likely N-dealkylation sites (tertiary alicyclic amines) is 1. The summed E-state index contributed by atoms with van der Waals surface area (Å²) in [7, 11) is 3.02. The van der Waals surface area contributed by atoms with Crippen LogP contribution in [0.5, 0.6) is 0 Å². The Balaban J connectivity index is 1.35. The number of hydrogen-bond donors (Lipinski definition) is 1. The van der Waals surface area contributed by atoms with Crippen LogP contribution < -0.4 is 11.0 Å². The van der Waals surface area contributed by atoms with Crippen molar-refractivity contribution in [3.05, 3.63) is 70.6 Å². The SMILES string of the molecule is COC(=O)CNC(=O)c1ccc(-n2c(=O)n([C@H]3CCN(Cc4ncc(C(=O)OC(C)(C)C)n4C)C3)c3ncccc32)cn1. The van der Waals surface area contributed by atoms with Gasteiger partial charge in [0.2, 0.25) is 0 Å². The molecule has 0 saturated carbocycles. The normalized spacial score (nSPS) is 15.5. The molecule has 1 amide bonds. The Kier molecular flexibility index (Phi) is 8.13. The molecule has 0 bridgehead atoms. The van der Waals surface area contributed by atoms with Gasteiger partial charge in [-0.15, -0.1) is 0 Å². The first-order valence-corrected chi connectivity index (χ1v) is 13.8. The van der Waals surface area contributed by atoms with Crippen molar-refractivity contribution in [2.24, 2.45) is 7.05 Å². The molecule has 1 atom stereocenters. The maximum atomic E-state index is 13.9. The third kappa shape index (κ3) is 6.18. The van der Waals surface area contributed by atoms with Crippen molar-refractivity contribution in [1.82, 2.24) is 38.9 Å². The zero-order valence-electron chi connectivity index (χ0n) is 24.7. The Morgan fingerprint density at radius 1 is 1.09 bits per heavy atom. The molecule has 0 aromatic carbocycles. The first-order valence-electron chi connectivity index (χ1n) is 13.8. The van der Waals surface area contributed by atoms with E-state index >= 15 is 0 Å². The minimum Gasteiger partial charge on any atom is -0.468 e. The summed E-state index contributed by atoms with van der Waals surface area (Å²) in [5, 5.41) is 2.44. The third-order valence-corrected chi connectivity index (χ3v) is 7.16. The zero-order valence-corrected chi connectivity index (χ0v) is 24.7. The number of aromatic nitrogens is 6. The van der Waals surface area contributed by atoms with Crippen molar-refractivity contribution >= 4 is 29.0 Å². The fourth-order valence-electron chi connectivity index (χ4n) is 5.08.